The van der Waals surface area contributed by atoms with Gasteiger partial charge in [0, 0.05) is 19.0 Å². The number of aliphatic hydroxyl groups excluding tert-OH is 3. The molecule has 70 heavy (non-hydrogen) atoms. The fourth-order valence-corrected chi connectivity index (χ4v) is 9.33. The van der Waals surface area contributed by atoms with Crippen LogP contribution < -0.4 is 11.4 Å². The summed E-state index contributed by atoms with van der Waals surface area (Å²) in [7, 11) is -10.9. The molecular formula is C49H83N3O16P2. The first kappa shape index (κ1) is 62.8. The molecule has 1 aromatic rings. The Morgan fingerprint density at radius 2 is 1.26 bits per heavy atom. The summed E-state index contributed by atoms with van der Waals surface area (Å²) in [5, 5.41) is 30.2. The molecule has 0 saturated carbocycles. The molecule has 0 amide bonds. The number of anilines is 1. The summed E-state index contributed by atoms with van der Waals surface area (Å²) in [5.74, 6) is -0.622. The number of aliphatic hydroxyl groups is 3. The second-order valence-corrected chi connectivity index (χ2v) is 21.1. The van der Waals surface area contributed by atoms with Gasteiger partial charge in [-0.3, -0.25) is 23.2 Å². The van der Waals surface area contributed by atoms with Crippen molar-refractivity contribution in [1.82, 2.24) is 9.55 Å². The Bertz CT molecular complexity index is 1890. The van der Waals surface area contributed by atoms with Gasteiger partial charge in [0.1, 0.15) is 30.7 Å². The maximum Gasteiger partial charge on any atom is 0.481 e. The highest BCUT2D eigenvalue weighted by Gasteiger charge is 2.46. The average molecular weight is 1030 g/mol. The minimum absolute atomic E-state index is 0.0379. The minimum Gasteiger partial charge on any atom is -0.462 e. The van der Waals surface area contributed by atoms with Crippen LogP contribution in [0.5, 0.6) is 0 Å². The van der Waals surface area contributed by atoms with Crippen molar-refractivity contribution in [3.8, 4) is 0 Å². The molecule has 2 unspecified atom stereocenters. The van der Waals surface area contributed by atoms with E-state index in [0.717, 1.165) is 74.5 Å². The molecule has 0 aliphatic carbocycles. The van der Waals surface area contributed by atoms with Gasteiger partial charge in [0.15, 0.2) is 12.3 Å². The number of nitrogens with zero attached hydrogens (tertiary/aromatic N) is 2. The van der Waals surface area contributed by atoms with Crippen LogP contribution in [0.2, 0.25) is 0 Å². The zero-order chi connectivity index (χ0) is 51.6. The summed E-state index contributed by atoms with van der Waals surface area (Å²) in [6.07, 6.45) is 29.2. The first-order valence-electron chi connectivity index (χ1n) is 25.0. The highest BCUT2D eigenvalue weighted by atomic mass is 31.3. The van der Waals surface area contributed by atoms with Gasteiger partial charge in [0.05, 0.1) is 19.3 Å². The Morgan fingerprint density at radius 3 is 1.83 bits per heavy atom. The molecule has 8 atom stereocenters. The van der Waals surface area contributed by atoms with E-state index in [0.29, 0.717) is 25.7 Å². The van der Waals surface area contributed by atoms with Crippen LogP contribution in [0.25, 0.3) is 0 Å². The second kappa shape index (κ2) is 36.6. The first-order chi connectivity index (χ1) is 33.4. The van der Waals surface area contributed by atoms with Crippen molar-refractivity contribution in [2.24, 2.45) is 5.92 Å². The summed E-state index contributed by atoms with van der Waals surface area (Å²) in [5.41, 5.74) is 4.58. The maximum atomic E-state index is 12.8. The monoisotopic (exact) mass is 1030 g/mol. The molecule has 1 aliphatic heterocycles. The average Bonchev–Trinajstić information content (AvgIpc) is 3.57. The van der Waals surface area contributed by atoms with E-state index in [1.165, 1.54) is 51.0 Å². The van der Waals surface area contributed by atoms with Crippen molar-refractivity contribution < 1.29 is 71.4 Å². The van der Waals surface area contributed by atoms with Gasteiger partial charge in [-0.15, -0.1) is 0 Å². The van der Waals surface area contributed by atoms with Gasteiger partial charge in [-0.1, -0.05) is 133 Å². The van der Waals surface area contributed by atoms with Crippen molar-refractivity contribution >= 4 is 33.4 Å². The normalized spacial score (nSPS) is 20.2. The maximum absolute atomic E-state index is 12.8. The predicted molar refractivity (Wildman–Crippen MR) is 267 cm³/mol. The molecular weight excluding hydrogens is 948 g/mol. The number of ether oxygens (including phenoxy) is 3. The SMILES string of the molecule is CC(C)CCCCCCCCCCCCCC(=O)OC[C@H](COP(=O)(O)OP(=O)(O)OC[C@H]1O[C@@H](n2ccc(N)nc2=O)[C@H](O)[C@@H]1O)OC(=O)CCC/C=C\C/C=C\C/C=C\C/C=C\CCC[C@H](C)O. The number of hydrogen-bond acceptors (Lipinski definition) is 16. The number of rotatable bonds is 40. The molecule has 1 aliphatic rings. The molecule has 400 valence electrons. The molecule has 0 radical (unpaired) electrons. The summed E-state index contributed by atoms with van der Waals surface area (Å²) in [4.78, 5) is 61.8. The van der Waals surface area contributed by atoms with Gasteiger partial charge in [-0.25, -0.2) is 13.9 Å². The van der Waals surface area contributed by atoms with Crippen LogP contribution in [0, 0.1) is 5.92 Å². The largest absolute Gasteiger partial charge is 0.481 e. The number of phosphoric ester groups is 2. The van der Waals surface area contributed by atoms with Gasteiger partial charge in [0.25, 0.3) is 0 Å². The number of phosphoric acid groups is 2. The molecule has 7 N–H and O–H groups in total. The molecule has 0 spiro atoms. The fraction of sp³-hybridized carbons (Fsp3) is 0.714. The van der Waals surface area contributed by atoms with Crippen molar-refractivity contribution in [2.45, 2.75) is 199 Å². The lowest BCUT2D eigenvalue weighted by molar-refractivity contribution is -0.161. The Kier molecular flexibility index (Phi) is 32.8. The molecule has 1 aromatic heterocycles. The van der Waals surface area contributed by atoms with E-state index >= 15 is 0 Å². The van der Waals surface area contributed by atoms with Gasteiger partial charge in [0.2, 0.25) is 0 Å². The van der Waals surface area contributed by atoms with Gasteiger partial charge < -0.3 is 45.1 Å². The number of nitrogens with two attached hydrogens (primary N) is 1. The molecule has 0 bridgehead atoms. The predicted octanol–water partition coefficient (Wildman–Crippen LogP) is 8.99. The van der Waals surface area contributed by atoms with E-state index in [-0.39, 0.29) is 24.8 Å². The highest BCUT2D eigenvalue weighted by Crippen LogP contribution is 2.60. The fourth-order valence-electron chi connectivity index (χ4n) is 7.21. The third kappa shape index (κ3) is 30.5. The van der Waals surface area contributed by atoms with Crippen LogP contribution >= 0.6 is 15.6 Å². The lowest BCUT2D eigenvalue weighted by Gasteiger charge is -2.21. The van der Waals surface area contributed by atoms with E-state index in [4.69, 9.17) is 29.0 Å². The Hall–Kier alpha value is -3.32. The lowest BCUT2D eigenvalue weighted by atomic mass is 10.0. The van der Waals surface area contributed by atoms with Crippen LogP contribution in [-0.4, -0.2) is 96.9 Å². The quantitative estimate of drug-likeness (QED) is 0.0155. The van der Waals surface area contributed by atoms with Gasteiger partial charge in [-0.05, 0) is 76.7 Å². The second-order valence-electron chi connectivity index (χ2n) is 18.1. The summed E-state index contributed by atoms with van der Waals surface area (Å²) in [6, 6.07) is 1.24. The van der Waals surface area contributed by atoms with Crippen molar-refractivity contribution in [2.75, 3.05) is 25.6 Å². The number of unbranched alkanes of at least 4 members (excludes halogenated alkanes) is 12. The molecule has 1 saturated heterocycles. The summed E-state index contributed by atoms with van der Waals surface area (Å²) in [6.45, 7) is 3.94. The Morgan fingerprint density at radius 1 is 0.729 bits per heavy atom. The zero-order valence-electron chi connectivity index (χ0n) is 41.6. The van der Waals surface area contributed by atoms with Crippen molar-refractivity contribution in [3.63, 3.8) is 0 Å². The van der Waals surface area contributed by atoms with Crippen molar-refractivity contribution in [1.29, 1.82) is 0 Å². The van der Waals surface area contributed by atoms with Crippen LogP contribution in [0.1, 0.15) is 168 Å². The molecule has 19 nitrogen and oxygen atoms in total. The molecule has 1 fully saturated rings. The third-order valence-corrected chi connectivity index (χ3v) is 13.7. The molecule has 0 aromatic carbocycles. The summed E-state index contributed by atoms with van der Waals surface area (Å²) < 4.78 is 56.7. The van der Waals surface area contributed by atoms with Gasteiger partial charge in [-0.2, -0.15) is 9.29 Å². The van der Waals surface area contributed by atoms with E-state index in [1.807, 2.05) is 18.2 Å². The first-order valence-corrected chi connectivity index (χ1v) is 28.0. The number of aromatic nitrogens is 2. The Labute approximate surface area is 414 Å². The highest BCUT2D eigenvalue weighted by molar-refractivity contribution is 7.61. The van der Waals surface area contributed by atoms with Gasteiger partial charge >= 0.3 is 33.3 Å². The topological polar surface area (TPSA) is 286 Å². The van der Waals surface area contributed by atoms with E-state index in [9.17, 15) is 48.6 Å². The lowest BCUT2D eigenvalue weighted by Crippen LogP contribution is -2.36. The van der Waals surface area contributed by atoms with E-state index in [2.05, 4.69) is 53.5 Å². The van der Waals surface area contributed by atoms with E-state index in [1.54, 1.807) is 6.92 Å². The number of esters is 2. The number of allylic oxidation sites excluding steroid dienone is 8. The third-order valence-electron chi connectivity index (χ3n) is 11.1. The number of carbonyl (C=O) groups is 2. The minimum atomic E-state index is -5.44. The number of nitrogen functional groups attached to an aromatic ring is 1. The number of carbonyl (C=O) groups excluding carboxylic acids is 2. The van der Waals surface area contributed by atoms with Crippen LogP contribution in [0.15, 0.2) is 65.7 Å². The summed E-state index contributed by atoms with van der Waals surface area (Å²) >= 11 is 0. The van der Waals surface area contributed by atoms with Crippen molar-refractivity contribution in [3.05, 3.63) is 71.4 Å². The van der Waals surface area contributed by atoms with Crippen LogP contribution in [0.3, 0.4) is 0 Å². The molecule has 21 heteroatoms. The molecule has 2 heterocycles. The van der Waals surface area contributed by atoms with E-state index < -0.39 is 83.7 Å². The number of hydrogen-bond donors (Lipinski definition) is 6. The standard InChI is InChI=1S/C49H83N3O16P2/c1-39(2)30-26-22-18-14-10-9-13-16-20-24-28-32-44(54)63-36-41(66-45(55)33-29-25-21-17-12-8-6-4-5-7-11-15-19-23-27-31-40(3)53)37-64-69(59,60)68-70(61,62)65-38-42-46(56)47(57)48(67-42)52-35-34-43(50)51-49(52)58/h5-8,15,17,19,21,34-35,39-42,46-48,53,56-57H,4,9-14,16,18,20,22-33,36-38H2,1-3H3,(H,59,60)(H,61,62)(H2,50,51,58)/b7-5-,8-6-,19-15-,21-17-/t40-,41+,42+,46+,47+,48+/m0/s1. The smallest absolute Gasteiger partial charge is 0.462 e. The zero-order valence-corrected chi connectivity index (χ0v) is 43.4. The van der Waals surface area contributed by atoms with Crippen LogP contribution in [0.4, 0.5) is 5.82 Å². The Balaban J connectivity index is 1.83. The molecule has 2 rings (SSSR count). The van der Waals surface area contributed by atoms with Crippen LogP contribution in [-0.2, 0) is 46.3 Å².